The molecule has 2 heterocycles. The molecule has 2 N–H and O–H groups in total. The van der Waals surface area contributed by atoms with Gasteiger partial charge in [0.1, 0.15) is 17.4 Å². The molecule has 9 nitrogen and oxygen atoms in total. The lowest BCUT2D eigenvalue weighted by molar-refractivity contribution is 0.0356. The van der Waals surface area contributed by atoms with Crippen molar-refractivity contribution in [2.75, 3.05) is 39.2 Å². The number of pyridine rings is 1. The first kappa shape index (κ1) is 26.5. The van der Waals surface area contributed by atoms with Crippen molar-refractivity contribution in [3.05, 3.63) is 53.7 Å². The molecule has 3 atom stereocenters. The second kappa shape index (κ2) is 11.6. The number of nitrogens with one attached hydrogen (secondary N) is 1. The van der Waals surface area contributed by atoms with Gasteiger partial charge in [0.15, 0.2) is 0 Å². The van der Waals surface area contributed by atoms with Crippen LogP contribution in [0.25, 0.3) is 5.57 Å². The lowest BCUT2D eigenvalue weighted by Crippen LogP contribution is -2.50. The summed E-state index contributed by atoms with van der Waals surface area (Å²) in [5.41, 5.74) is 3.14. The highest BCUT2D eigenvalue weighted by molar-refractivity contribution is 5.97. The number of hydrogen-bond donors (Lipinski definition) is 2. The Bertz CT molecular complexity index is 1150. The Morgan fingerprint density at radius 1 is 1.35 bits per heavy atom. The van der Waals surface area contributed by atoms with E-state index in [0.29, 0.717) is 23.5 Å². The lowest BCUT2D eigenvalue weighted by atomic mass is 9.99. The van der Waals surface area contributed by atoms with Crippen molar-refractivity contribution in [3.8, 4) is 11.6 Å². The highest BCUT2D eigenvalue weighted by Crippen LogP contribution is 2.32. The van der Waals surface area contributed by atoms with Crippen LogP contribution < -0.4 is 14.8 Å². The molecule has 0 spiro atoms. The summed E-state index contributed by atoms with van der Waals surface area (Å²) in [7, 11) is 3.30. The predicted molar refractivity (Wildman–Crippen MR) is 142 cm³/mol. The van der Waals surface area contributed by atoms with Crippen LogP contribution in [-0.4, -0.2) is 77.8 Å². The van der Waals surface area contributed by atoms with Crippen LogP contribution in [0.4, 0.5) is 10.5 Å². The summed E-state index contributed by atoms with van der Waals surface area (Å²) in [6.07, 6.45) is 6.60. The van der Waals surface area contributed by atoms with Crippen molar-refractivity contribution in [1.29, 1.82) is 0 Å². The Hall–Kier alpha value is -3.59. The third-order valence-corrected chi connectivity index (χ3v) is 7.07. The van der Waals surface area contributed by atoms with Gasteiger partial charge in [-0.25, -0.2) is 9.78 Å². The maximum absolute atomic E-state index is 13.6. The number of nitrogens with zero attached hydrogens (tertiary/aromatic N) is 3. The van der Waals surface area contributed by atoms with E-state index in [1.54, 1.807) is 54.4 Å². The molecule has 0 unspecified atom stereocenters. The SMILES string of the molecule is COc1ccc(NC(=O)N(C)C[C@H]2Oc3ncc(C4=CCCC4)cc3C(=O)N([C@@H](C)CO)C[C@@H]2C)cc1. The number of hydrogen-bond acceptors (Lipinski definition) is 6. The summed E-state index contributed by atoms with van der Waals surface area (Å²) < 4.78 is 11.5. The Balaban J connectivity index is 1.57. The summed E-state index contributed by atoms with van der Waals surface area (Å²) in [6.45, 7) is 4.32. The first-order chi connectivity index (χ1) is 17.8. The van der Waals surface area contributed by atoms with Crippen molar-refractivity contribution in [2.24, 2.45) is 5.92 Å². The number of likely N-dealkylation sites (N-methyl/N-ethyl adjacent to an activating group) is 1. The Morgan fingerprint density at radius 2 is 2.11 bits per heavy atom. The van der Waals surface area contributed by atoms with E-state index in [1.165, 1.54) is 5.57 Å². The van der Waals surface area contributed by atoms with Crippen LogP contribution in [0.5, 0.6) is 11.6 Å². The van der Waals surface area contributed by atoms with Crippen LogP contribution in [0.3, 0.4) is 0 Å². The summed E-state index contributed by atoms with van der Waals surface area (Å²) in [5.74, 6) is 0.627. The smallest absolute Gasteiger partial charge is 0.321 e. The number of rotatable bonds is 7. The largest absolute Gasteiger partial charge is 0.497 e. The number of methoxy groups -OCH3 is 1. The molecule has 0 radical (unpaired) electrons. The molecule has 0 fully saturated rings. The maximum atomic E-state index is 13.6. The van der Waals surface area contributed by atoms with Gasteiger partial charge in [-0.2, -0.15) is 0 Å². The second-order valence-electron chi connectivity index (χ2n) is 9.86. The lowest BCUT2D eigenvalue weighted by Gasteiger charge is -2.37. The molecule has 1 aliphatic heterocycles. The average molecular weight is 509 g/mol. The number of allylic oxidation sites excluding steroid dienone is 2. The fourth-order valence-electron chi connectivity index (χ4n) is 4.67. The van der Waals surface area contributed by atoms with Crippen LogP contribution in [-0.2, 0) is 0 Å². The number of benzene rings is 1. The van der Waals surface area contributed by atoms with Crippen LogP contribution in [0.1, 0.15) is 49.0 Å². The molecule has 0 bridgehead atoms. The van der Waals surface area contributed by atoms with Crippen LogP contribution in [0, 0.1) is 5.92 Å². The van der Waals surface area contributed by atoms with Gasteiger partial charge in [-0.1, -0.05) is 13.0 Å². The standard InChI is InChI=1S/C28H36N4O5/c1-18-15-32(19(2)17-33)27(34)24-13-21(20-7-5-6-8-20)14-29-26(24)37-25(18)16-31(3)28(35)30-22-9-11-23(36-4)12-10-22/h7,9-14,18-19,25,33H,5-6,8,15-17H2,1-4H3,(H,30,35)/t18-,19-,25+/m0/s1. The molecule has 1 aromatic heterocycles. The zero-order valence-electron chi connectivity index (χ0n) is 21.9. The molecule has 1 aliphatic carbocycles. The van der Waals surface area contributed by atoms with E-state index in [2.05, 4.69) is 16.4 Å². The molecule has 4 rings (SSSR count). The zero-order valence-corrected chi connectivity index (χ0v) is 21.9. The highest BCUT2D eigenvalue weighted by atomic mass is 16.5. The molecular formula is C28H36N4O5. The highest BCUT2D eigenvalue weighted by Gasteiger charge is 2.35. The first-order valence-corrected chi connectivity index (χ1v) is 12.7. The van der Waals surface area contributed by atoms with Crippen LogP contribution in [0.15, 0.2) is 42.6 Å². The number of carbonyl (C=O) groups is 2. The molecule has 2 aliphatic rings. The van der Waals surface area contributed by atoms with Gasteiger partial charge in [0.2, 0.25) is 5.88 Å². The van der Waals surface area contributed by atoms with Gasteiger partial charge in [0, 0.05) is 31.4 Å². The fraction of sp³-hybridized carbons (Fsp3) is 0.464. The van der Waals surface area contributed by atoms with Crippen molar-refractivity contribution in [3.63, 3.8) is 0 Å². The molecule has 37 heavy (non-hydrogen) atoms. The van der Waals surface area contributed by atoms with E-state index in [9.17, 15) is 14.7 Å². The van der Waals surface area contributed by atoms with Gasteiger partial charge >= 0.3 is 6.03 Å². The number of amides is 3. The van der Waals surface area contributed by atoms with Gasteiger partial charge < -0.3 is 29.7 Å². The van der Waals surface area contributed by atoms with Crippen LogP contribution >= 0.6 is 0 Å². The molecular weight excluding hydrogens is 472 g/mol. The number of aromatic nitrogens is 1. The molecule has 0 saturated heterocycles. The van der Waals surface area contributed by atoms with Gasteiger partial charge in [-0.3, -0.25) is 4.79 Å². The molecule has 9 heteroatoms. The number of anilines is 1. The van der Waals surface area contributed by atoms with E-state index < -0.39 is 6.10 Å². The summed E-state index contributed by atoms with van der Waals surface area (Å²) in [6, 6.07) is 8.31. The normalized spacial score (nSPS) is 20.2. The molecule has 1 aromatic carbocycles. The summed E-state index contributed by atoms with van der Waals surface area (Å²) in [4.78, 5) is 34.3. The number of aliphatic hydroxyl groups excluding tert-OH is 1. The predicted octanol–water partition coefficient (Wildman–Crippen LogP) is 4.04. The van der Waals surface area contributed by atoms with Gasteiger partial charge in [0.05, 0.1) is 26.3 Å². The van der Waals surface area contributed by atoms with E-state index >= 15 is 0 Å². The van der Waals surface area contributed by atoms with Gasteiger partial charge in [-0.15, -0.1) is 0 Å². The van der Waals surface area contributed by atoms with Gasteiger partial charge in [0.25, 0.3) is 5.91 Å². The number of ether oxygens (including phenoxy) is 2. The molecule has 3 amide bonds. The van der Waals surface area contributed by atoms with Crippen molar-refractivity contribution < 1.29 is 24.2 Å². The van der Waals surface area contributed by atoms with Crippen LogP contribution in [0.2, 0.25) is 0 Å². The number of carbonyl (C=O) groups excluding carboxylic acids is 2. The molecule has 2 aromatic rings. The molecule has 0 saturated carbocycles. The number of fused-ring (bicyclic) bond motifs is 1. The zero-order chi connectivity index (χ0) is 26.5. The Morgan fingerprint density at radius 3 is 2.76 bits per heavy atom. The van der Waals surface area contributed by atoms with Crippen molar-refractivity contribution in [2.45, 2.75) is 45.3 Å². The third kappa shape index (κ3) is 6.05. The fourth-order valence-corrected chi connectivity index (χ4v) is 4.67. The van der Waals surface area contributed by atoms with Crippen molar-refractivity contribution >= 4 is 23.2 Å². The monoisotopic (exact) mass is 508 g/mol. The van der Waals surface area contributed by atoms with E-state index in [0.717, 1.165) is 24.8 Å². The Labute approximate surface area is 218 Å². The van der Waals surface area contributed by atoms with Gasteiger partial charge in [-0.05, 0) is 67.7 Å². The number of urea groups is 1. The quantitative estimate of drug-likeness (QED) is 0.585. The number of aliphatic hydroxyl groups is 1. The Kier molecular flexibility index (Phi) is 8.33. The van der Waals surface area contributed by atoms with Crippen molar-refractivity contribution in [1.82, 2.24) is 14.8 Å². The summed E-state index contributed by atoms with van der Waals surface area (Å²) in [5, 5.41) is 12.7. The average Bonchev–Trinajstić information content (AvgIpc) is 3.45. The van der Waals surface area contributed by atoms with E-state index in [-0.39, 0.29) is 42.9 Å². The third-order valence-electron chi connectivity index (χ3n) is 7.07. The van der Waals surface area contributed by atoms with E-state index in [1.807, 2.05) is 19.9 Å². The minimum Gasteiger partial charge on any atom is -0.497 e. The van der Waals surface area contributed by atoms with E-state index in [4.69, 9.17) is 9.47 Å². The molecule has 198 valence electrons. The minimum absolute atomic E-state index is 0.124. The first-order valence-electron chi connectivity index (χ1n) is 12.7. The topological polar surface area (TPSA) is 104 Å². The second-order valence-corrected chi connectivity index (χ2v) is 9.86. The summed E-state index contributed by atoms with van der Waals surface area (Å²) >= 11 is 0. The maximum Gasteiger partial charge on any atom is 0.321 e. The minimum atomic E-state index is -0.420.